The molecule has 0 bridgehead atoms. The number of benzene rings is 1. The number of nitrogens with zero attached hydrogens (tertiary/aromatic N) is 4. The number of ether oxygens (including phenoxy) is 3. The maximum atomic E-state index is 5.68. The molecule has 0 aliphatic carbocycles. The summed E-state index contributed by atoms with van der Waals surface area (Å²) >= 11 is 0. The first-order valence-corrected chi connectivity index (χ1v) is 10.1. The van der Waals surface area contributed by atoms with Gasteiger partial charge in [-0.3, -0.25) is 14.9 Å². The van der Waals surface area contributed by atoms with E-state index in [0.29, 0.717) is 13.2 Å². The lowest BCUT2D eigenvalue weighted by atomic mass is 10.1. The molecule has 31 heavy (non-hydrogen) atoms. The van der Waals surface area contributed by atoms with Crippen molar-refractivity contribution in [3.63, 3.8) is 0 Å². The van der Waals surface area contributed by atoms with E-state index in [9.17, 15) is 0 Å². The summed E-state index contributed by atoms with van der Waals surface area (Å²) < 4.78 is 16.6. The number of rotatable bonds is 8. The largest absolute Gasteiger partial charge is 0.497 e. The van der Waals surface area contributed by atoms with Crippen LogP contribution < -0.4 is 19.5 Å². The zero-order chi connectivity index (χ0) is 21.2. The Balaban J connectivity index is 0.00000341. The van der Waals surface area contributed by atoms with Gasteiger partial charge in [-0.05, 0) is 30.3 Å². The molecular weight excluding hydrogens is 509 g/mol. The molecule has 8 nitrogen and oxygen atoms in total. The quantitative estimate of drug-likeness (QED) is 0.238. The first-order chi connectivity index (χ1) is 14.7. The van der Waals surface area contributed by atoms with Gasteiger partial charge in [0.05, 0.1) is 27.0 Å². The van der Waals surface area contributed by atoms with E-state index in [-0.39, 0.29) is 24.0 Å². The topological polar surface area (TPSA) is 71.5 Å². The third-order valence-corrected chi connectivity index (χ3v) is 5.05. The summed E-state index contributed by atoms with van der Waals surface area (Å²) in [5.41, 5.74) is 1.14. The number of guanidine groups is 1. The summed E-state index contributed by atoms with van der Waals surface area (Å²) in [7, 11) is 5.21. The Kier molecular flexibility index (Phi) is 10.6. The number of halogens is 1. The third-order valence-electron chi connectivity index (χ3n) is 5.05. The Morgan fingerprint density at radius 2 is 1.90 bits per heavy atom. The van der Waals surface area contributed by atoms with Gasteiger partial charge in [0, 0.05) is 51.5 Å². The van der Waals surface area contributed by atoms with E-state index in [2.05, 4.69) is 25.1 Å². The Morgan fingerprint density at radius 1 is 1.10 bits per heavy atom. The molecule has 0 unspecified atom stereocenters. The molecule has 1 aliphatic rings. The van der Waals surface area contributed by atoms with Gasteiger partial charge in [0.25, 0.3) is 0 Å². The maximum absolute atomic E-state index is 5.68. The van der Waals surface area contributed by atoms with Gasteiger partial charge in [0.15, 0.2) is 5.96 Å². The highest BCUT2D eigenvalue weighted by molar-refractivity contribution is 14.0. The number of hydrogen-bond acceptors (Lipinski definition) is 6. The zero-order valence-corrected chi connectivity index (χ0v) is 20.7. The predicted molar refractivity (Wildman–Crippen MR) is 133 cm³/mol. The maximum Gasteiger partial charge on any atom is 0.193 e. The van der Waals surface area contributed by atoms with E-state index in [1.165, 1.54) is 0 Å². The van der Waals surface area contributed by atoms with Crippen molar-refractivity contribution in [2.75, 3.05) is 60.6 Å². The van der Waals surface area contributed by atoms with Crippen molar-refractivity contribution in [1.82, 2.24) is 20.1 Å². The third kappa shape index (κ3) is 7.42. The number of aliphatic imine (C=N–C) groups is 1. The number of aromatic nitrogens is 1. The van der Waals surface area contributed by atoms with Gasteiger partial charge in [0.2, 0.25) is 0 Å². The fourth-order valence-corrected chi connectivity index (χ4v) is 3.46. The second kappa shape index (κ2) is 13.2. The molecule has 1 saturated heterocycles. The molecule has 0 amide bonds. The van der Waals surface area contributed by atoms with Crippen LogP contribution in [0.1, 0.15) is 5.56 Å². The molecule has 9 heteroatoms. The van der Waals surface area contributed by atoms with Gasteiger partial charge in [-0.15, -0.1) is 24.0 Å². The number of pyridine rings is 1. The summed E-state index contributed by atoms with van der Waals surface area (Å²) in [5, 5.41) is 3.38. The molecule has 1 fully saturated rings. The molecule has 1 aromatic heterocycles. The van der Waals surface area contributed by atoms with E-state index >= 15 is 0 Å². The van der Waals surface area contributed by atoms with Crippen molar-refractivity contribution in [3.05, 3.63) is 48.3 Å². The molecule has 0 saturated carbocycles. The minimum absolute atomic E-state index is 0. The Morgan fingerprint density at radius 3 is 2.55 bits per heavy atom. The molecule has 170 valence electrons. The second-order valence-electron chi connectivity index (χ2n) is 6.95. The fourth-order valence-electron chi connectivity index (χ4n) is 3.46. The van der Waals surface area contributed by atoms with Gasteiger partial charge in [-0.25, -0.2) is 0 Å². The number of methoxy groups -OCH3 is 2. The van der Waals surface area contributed by atoms with E-state index < -0.39 is 0 Å². The van der Waals surface area contributed by atoms with E-state index in [0.717, 1.165) is 61.5 Å². The molecular formula is C22H32IN5O3. The first kappa shape index (κ1) is 25.0. The predicted octanol–water partition coefficient (Wildman–Crippen LogP) is 2.49. The van der Waals surface area contributed by atoms with Crippen molar-refractivity contribution in [2.45, 2.75) is 6.54 Å². The average molecular weight is 541 g/mol. The first-order valence-electron chi connectivity index (χ1n) is 10.1. The Bertz CT molecular complexity index is 814. The van der Waals surface area contributed by atoms with Gasteiger partial charge >= 0.3 is 0 Å². The molecule has 1 N–H and O–H groups in total. The van der Waals surface area contributed by atoms with Gasteiger partial charge in [-0.1, -0.05) is 0 Å². The van der Waals surface area contributed by atoms with Crippen LogP contribution >= 0.6 is 24.0 Å². The van der Waals surface area contributed by atoms with E-state index in [4.69, 9.17) is 14.2 Å². The molecule has 2 aromatic rings. The van der Waals surface area contributed by atoms with Crippen molar-refractivity contribution in [3.8, 4) is 17.2 Å². The van der Waals surface area contributed by atoms with Crippen LogP contribution in [0.2, 0.25) is 0 Å². The lowest BCUT2D eigenvalue weighted by Gasteiger charge is -2.36. The molecule has 0 atom stereocenters. The van der Waals surface area contributed by atoms with Crippen LogP contribution in [-0.4, -0.2) is 81.3 Å². The van der Waals surface area contributed by atoms with Crippen LogP contribution in [0.3, 0.4) is 0 Å². The summed E-state index contributed by atoms with van der Waals surface area (Å²) in [6.45, 7) is 5.80. The van der Waals surface area contributed by atoms with Gasteiger partial charge < -0.3 is 24.4 Å². The SMILES string of the molecule is CN=C(NCCOc1cccnc1)N1CCN(Cc2cc(OC)ccc2OC)CC1.I. The Labute approximate surface area is 201 Å². The van der Waals surface area contributed by atoms with Crippen LogP contribution in [-0.2, 0) is 6.54 Å². The molecule has 2 heterocycles. The lowest BCUT2D eigenvalue weighted by molar-refractivity contribution is 0.170. The summed E-state index contributed by atoms with van der Waals surface area (Å²) in [6, 6.07) is 9.70. The van der Waals surface area contributed by atoms with Crippen LogP contribution in [0, 0.1) is 0 Å². The normalized spacial score (nSPS) is 14.5. The minimum Gasteiger partial charge on any atom is -0.497 e. The lowest BCUT2D eigenvalue weighted by Crippen LogP contribution is -2.52. The van der Waals surface area contributed by atoms with Crippen molar-refractivity contribution in [2.24, 2.45) is 4.99 Å². The minimum atomic E-state index is 0. The second-order valence-corrected chi connectivity index (χ2v) is 6.95. The van der Waals surface area contributed by atoms with Crippen LogP contribution in [0.15, 0.2) is 47.7 Å². The molecule has 0 radical (unpaired) electrons. The summed E-state index contributed by atoms with van der Waals surface area (Å²) in [6.07, 6.45) is 3.45. The molecule has 0 spiro atoms. The smallest absolute Gasteiger partial charge is 0.193 e. The number of hydrogen-bond donors (Lipinski definition) is 1. The average Bonchev–Trinajstić information content (AvgIpc) is 2.80. The Hall–Kier alpha value is -2.27. The summed E-state index contributed by atoms with van der Waals surface area (Å²) in [5.74, 6) is 3.42. The zero-order valence-electron chi connectivity index (χ0n) is 18.4. The van der Waals surface area contributed by atoms with Crippen molar-refractivity contribution < 1.29 is 14.2 Å². The molecule has 1 aliphatic heterocycles. The monoisotopic (exact) mass is 541 g/mol. The molecule has 1 aromatic carbocycles. The van der Waals surface area contributed by atoms with Gasteiger partial charge in [-0.2, -0.15) is 0 Å². The van der Waals surface area contributed by atoms with Crippen molar-refractivity contribution >= 4 is 29.9 Å². The summed E-state index contributed by atoms with van der Waals surface area (Å²) in [4.78, 5) is 13.2. The number of piperazine rings is 1. The van der Waals surface area contributed by atoms with Crippen LogP contribution in [0.4, 0.5) is 0 Å². The standard InChI is InChI=1S/C22H31N5O3.HI/c1-23-22(25-9-14-30-20-5-4-8-24-16-20)27-12-10-26(11-13-27)17-18-15-19(28-2)6-7-21(18)29-3;/h4-8,15-16H,9-14,17H2,1-3H3,(H,23,25);1H. The highest BCUT2D eigenvalue weighted by atomic mass is 127. The highest BCUT2D eigenvalue weighted by Gasteiger charge is 2.20. The van der Waals surface area contributed by atoms with Crippen molar-refractivity contribution in [1.29, 1.82) is 0 Å². The number of nitrogens with one attached hydrogen (secondary N) is 1. The van der Waals surface area contributed by atoms with E-state index in [1.54, 1.807) is 26.6 Å². The van der Waals surface area contributed by atoms with Crippen LogP contribution in [0.5, 0.6) is 17.2 Å². The molecule has 3 rings (SSSR count). The fraction of sp³-hybridized carbons (Fsp3) is 0.455. The van der Waals surface area contributed by atoms with E-state index in [1.807, 2.05) is 37.4 Å². The van der Waals surface area contributed by atoms with Crippen LogP contribution in [0.25, 0.3) is 0 Å². The van der Waals surface area contributed by atoms with Gasteiger partial charge in [0.1, 0.15) is 23.9 Å². The highest BCUT2D eigenvalue weighted by Crippen LogP contribution is 2.25.